The zero-order valence-corrected chi connectivity index (χ0v) is 19.7. The van der Waals surface area contributed by atoms with Crippen LogP contribution >= 0.6 is 0 Å². The van der Waals surface area contributed by atoms with Gasteiger partial charge in [0.2, 0.25) is 0 Å². The molecule has 31 heavy (non-hydrogen) atoms. The van der Waals surface area contributed by atoms with Gasteiger partial charge in [0.25, 0.3) is 0 Å². The molecule has 0 aromatic carbocycles. The van der Waals surface area contributed by atoms with E-state index in [0.717, 1.165) is 36.8 Å². The molecule has 0 aliphatic heterocycles. The number of allylic oxidation sites excluding steroid dienone is 3. The predicted octanol–water partition coefficient (Wildman–Crippen LogP) is 3.66. The van der Waals surface area contributed by atoms with Gasteiger partial charge in [-0.3, -0.25) is 0 Å². The third-order valence-electron chi connectivity index (χ3n) is 8.20. The standard InChI is InChI=1S/C26H42O5/c1-16-19(13-20(27)14-23(16)28)9-8-18-7-6-12-26(5)21(10-11-22(18)26)17(2)31-15-24(29)25(3,4)30/h8-9,17,20-24,27-30H,1,6-7,10-15H2,2-5H3/b18-8+,19-9+/t17-,20+,21+,22-,23-,24-,26+/m0/s1. The van der Waals surface area contributed by atoms with Crippen molar-refractivity contribution in [1.29, 1.82) is 0 Å². The smallest absolute Gasteiger partial charge is 0.105 e. The Morgan fingerprint density at radius 2 is 1.97 bits per heavy atom. The van der Waals surface area contributed by atoms with E-state index in [4.69, 9.17) is 4.74 Å². The predicted molar refractivity (Wildman–Crippen MR) is 122 cm³/mol. The maximum atomic E-state index is 10.1. The molecule has 0 amide bonds. The Morgan fingerprint density at radius 3 is 2.65 bits per heavy atom. The van der Waals surface area contributed by atoms with Crippen LogP contribution in [0, 0.1) is 17.3 Å². The Bertz CT molecular complexity index is 718. The first-order chi connectivity index (χ1) is 14.4. The molecule has 3 aliphatic rings. The summed E-state index contributed by atoms with van der Waals surface area (Å²) >= 11 is 0. The molecule has 0 unspecified atom stereocenters. The van der Waals surface area contributed by atoms with Crippen LogP contribution in [0.1, 0.15) is 72.6 Å². The lowest BCUT2D eigenvalue weighted by atomic mass is 9.62. The van der Waals surface area contributed by atoms with Gasteiger partial charge in [-0.25, -0.2) is 0 Å². The third-order valence-corrected chi connectivity index (χ3v) is 8.20. The maximum Gasteiger partial charge on any atom is 0.105 e. The van der Waals surface area contributed by atoms with Gasteiger partial charge < -0.3 is 25.2 Å². The minimum Gasteiger partial charge on any atom is -0.393 e. The molecule has 4 N–H and O–H groups in total. The minimum absolute atomic E-state index is 0.0214. The zero-order chi connectivity index (χ0) is 23.0. The number of fused-ring (bicyclic) bond motifs is 1. The lowest BCUT2D eigenvalue weighted by molar-refractivity contribution is -0.114. The fourth-order valence-corrected chi connectivity index (χ4v) is 6.08. The molecule has 3 aliphatic carbocycles. The molecule has 3 fully saturated rings. The average Bonchev–Trinajstić information content (AvgIpc) is 3.04. The van der Waals surface area contributed by atoms with Crippen LogP contribution in [0.5, 0.6) is 0 Å². The van der Waals surface area contributed by atoms with Crippen molar-refractivity contribution in [3.8, 4) is 0 Å². The van der Waals surface area contributed by atoms with Crippen molar-refractivity contribution in [2.24, 2.45) is 17.3 Å². The molecular formula is C26H42O5. The van der Waals surface area contributed by atoms with Crippen molar-refractivity contribution in [2.45, 2.75) is 103 Å². The summed E-state index contributed by atoms with van der Waals surface area (Å²) in [7, 11) is 0. The SMILES string of the molecule is C=C1/C(=C/C=C2\CCC[C@]3(C)[C@@H]([C@H](C)OC[C@H](O)C(C)(C)O)CC[C@@H]23)C[C@@H](O)C[C@@H]1O. The van der Waals surface area contributed by atoms with E-state index in [2.05, 4.69) is 32.6 Å². The highest BCUT2D eigenvalue weighted by Crippen LogP contribution is 2.58. The van der Waals surface area contributed by atoms with Gasteiger partial charge in [0.05, 0.1) is 30.5 Å². The summed E-state index contributed by atoms with van der Waals surface area (Å²) < 4.78 is 6.05. The van der Waals surface area contributed by atoms with Crippen LogP contribution in [0.25, 0.3) is 0 Å². The molecule has 0 spiro atoms. The van der Waals surface area contributed by atoms with Crippen molar-refractivity contribution in [3.05, 3.63) is 35.5 Å². The molecule has 176 valence electrons. The van der Waals surface area contributed by atoms with E-state index in [1.54, 1.807) is 13.8 Å². The molecule has 0 aromatic rings. The molecular weight excluding hydrogens is 392 g/mol. The van der Waals surface area contributed by atoms with Crippen LogP contribution in [0.2, 0.25) is 0 Å². The van der Waals surface area contributed by atoms with Crippen molar-refractivity contribution in [2.75, 3.05) is 6.61 Å². The van der Waals surface area contributed by atoms with E-state index in [-0.39, 0.29) is 18.1 Å². The fourth-order valence-electron chi connectivity index (χ4n) is 6.08. The first-order valence-electron chi connectivity index (χ1n) is 11.9. The lowest BCUT2D eigenvalue weighted by Gasteiger charge is -2.44. The number of ether oxygens (including phenoxy) is 1. The maximum absolute atomic E-state index is 10.1. The van der Waals surface area contributed by atoms with Gasteiger partial charge in [0.15, 0.2) is 0 Å². The second kappa shape index (κ2) is 9.48. The topological polar surface area (TPSA) is 90.2 Å². The summed E-state index contributed by atoms with van der Waals surface area (Å²) in [5.41, 5.74) is 2.13. The van der Waals surface area contributed by atoms with Gasteiger partial charge in [0.1, 0.15) is 6.10 Å². The lowest BCUT2D eigenvalue weighted by Crippen LogP contribution is -2.43. The van der Waals surface area contributed by atoms with Crippen LogP contribution in [-0.2, 0) is 4.74 Å². The highest BCUT2D eigenvalue weighted by Gasteiger charge is 2.51. The van der Waals surface area contributed by atoms with Gasteiger partial charge in [-0.05, 0) is 87.7 Å². The van der Waals surface area contributed by atoms with E-state index in [1.807, 2.05) is 0 Å². The summed E-state index contributed by atoms with van der Waals surface area (Å²) in [5.74, 6) is 0.913. The Morgan fingerprint density at radius 1 is 1.26 bits per heavy atom. The molecule has 0 radical (unpaired) electrons. The molecule has 5 nitrogen and oxygen atoms in total. The minimum atomic E-state index is -1.17. The highest BCUT2D eigenvalue weighted by molar-refractivity contribution is 5.38. The number of aliphatic hydroxyl groups is 4. The number of hydrogen-bond donors (Lipinski definition) is 4. The normalized spacial score (nSPS) is 39.0. The van der Waals surface area contributed by atoms with Crippen molar-refractivity contribution in [3.63, 3.8) is 0 Å². The Hall–Kier alpha value is -0.980. The van der Waals surface area contributed by atoms with Gasteiger partial charge in [-0.2, -0.15) is 0 Å². The van der Waals surface area contributed by atoms with E-state index >= 15 is 0 Å². The van der Waals surface area contributed by atoms with Crippen LogP contribution in [0.3, 0.4) is 0 Å². The Labute approximate surface area is 187 Å². The van der Waals surface area contributed by atoms with Crippen LogP contribution < -0.4 is 0 Å². The van der Waals surface area contributed by atoms with Gasteiger partial charge in [-0.1, -0.05) is 31.2 Å². The second-order valence-electron chi connectivity index (χ2n) is 10.9. The summed E-state index contributed by atoms with van der Waals surface area (Å²) in [6.45, 7) is 11.9. The summed E-state index contributed by atoms with van der Waals surface area (Å²) in [4.78, 5) is 0. The molecule has 5 heteroatoms. The number of hydrogen-bond acceptors (Lipinski definition) is 5. The van der Waals surface area contributed by atoms with Crippen molar-refractivity contribution < 1.29 is 25.2 Å². The monoisotopic (exact) mass is 434 g/mol. The zero-order valence-electron chi connectivity index (χ0n) is 19.7. The quantitative estimate of drug-likeness (QED) is 0.512. The first kappa shape index (κ1) is 24.7. The van der Waals surface area contributed by atoms with Crippen LogP contribution in [-0.4, -0.2) is 57.0 Å². The van der Waals surface area contributed by atoms with E-state index in [0.29, 0.717) is 24.7 Å². The largest absolute Gasteiger partial charge is 0.393 e. The Kier molecular flexibility index (Phi) is 7.54. The summed E-state index contributed by atoms with van der Waals surface area (Å²) in [6, 6.07) is 0. The van der Waals surface area contributed by atoms with Crippen molar-refractivity contribution in [1.82, 2.24) is 0 Å². The van der Waals surface area contributed by atoms with Crippen LogP contribution in [0.15, 0.2) is 35.5 Å². The van der Waals surface area contributed by atoms with E-state index in [1.165, 1.54) is 12.0 Å². The fraction of sp³-hybridized carbons (Fsp3) is 0.769. The molecule has 0 heterocycles. The summed E-state index contributed by atoms with van der Waals surface area (Å²) in [5, 5.41) is 40.2. The number of aliphatic hydroxyl groups excluding tert-OH is 3. The molecule has 3 saturated carbocycles. The first-order valence-corrected chi connectivity index (χ1v) is 11.9. The molecule has 3 rings (SSSR count). The van der Waals surface area contributed by atoms with Gasteiger partial charge in [0, 0.05) is 6.42 Å². The average molecular weight is 435 g/mol. The van der Waals surface area contributed by atoms with E-state index < -0.39 is 23.9 Å². The van der Waals surface area contributed by atoms with Gasteiger partial charge >= 0.3 is 0 Å². The molecule has 0 aromatic heterocycles. The van der Waals surface area contributed by atoms with E-state index in [9.17, 15) is 20.4 Å². The second-order valence-corrected chi connectivity index (χ2v) is 10.9. The number of rotatable bonds is 6. The molecule has 7 atom stereocenters. The summed E-state index contributed by atoms with van der Waals surface area (Å²) in [6.07, 6.45) is 8.80. The van der Waals surface area contributed by atoms with Crippen molar-refractivity contribution >= 4 is 0 Å². The molecule has 0 saturated heterocycles. The van der Waals surface area contributed by atoms with Crippen LogP contribution in [0.4, 0.5) is 0 Å². The highest BCUT2D eigenvalue weighted by atomic mass is 16.5. The Balaban J connectivity index is 1.71. The third kappa shape index (κ3) is 5.33. The van der Waals surface area contributed by atoms with Gasteiger partial charge in [-0.15, -0.1) is 0 Å². The molecule has 0 bridgehead atoms.